The largest absolute Gasteiger partial charge is 0.384 e. The second-order valence-electron chi connectivity index (χ2n) is 4.75. The molecule has 0 N–H and O–H groups in total. The molecule has 1 nitrogen and oxygen atoms in total. The maximum Gasteiger partial charge on any atom is 0.0572 e. The molecule has 110 valence electrons. The zero-order valence-corrected chi connectivity index (χ0v) is 13.4. The number of hydrogen-bond donors (Lipinski definition) is 0. The summed E-state index contributed by atoms with van der Waals surface area (Å²) in [6.45, 7) is 10.9. The fraction of sp³-hybridized carbons (Fsp3) is 0.474. The molecule has 0 amide bonds. The molecule has 1 atom stereocenters. The van der Waals surface area contributed by atoms with Gasteiger partial charge >= 0.3 is 0 Å². The highest BCUT2D eigenvalue weighted by Gasteiger charge is 2.31. The number of fused-ring (bicyclic) bond motifs is 1. The van der Waals surface area contributed by atoms with Crippen LogP contribution in [0.3, 0.4) is 0 Å². The van der Waals surface area contributed by atoms with Gasteiger partial charge < -0.3 is 4.74 Å². The lowest BCUT2D eigenvalue weighted by Gasteiger charge is -2.16. The quantitative estimate of drug-likeness (QED) is 0.652. The Morgan fingerprint density at radius 3 is 2.60 bits per heavy atom. The Morgan fingerprint density at radius 2 is 2.00 bits per heavy atom. The molecule has 0 fully saturated rings. The smallest absolute Gasteiger partial charge is 0.0572 e. The molecule has 2 aliphatic rings. The summed E-state index contributed by atoms with van der Waals surface area (Å²) in [4.78, 5) is 0. The van der Waals surface area contributed by atoms with E-state index in [0.29, 0.717) is 5.92 Å². The molecule has 0 bridgehead atoms. The van der Waals surface area contributed by atoms with Crippen LogP contribution in [0.15, 0.2) is 59.3 Å². The zero-order chi connectivity index (χ0) is 15.0. The standard InChI is InChI=1S/C17H22O.C2H6/c1-4-6-9-15-13(5-2)14-10-7-8-11-16(14)17(15)12-18-3;1-2/h5-6,9-11,17H,2,4,7-8,12H2,1,3H3;1-2H3/b9-6-;. The number of rotatable bonds is 5. The van der Waals surface area contributed by atoms with Crippen molar-refractivity contribution in [2.45, 2.75) is 40.0 Å². The van der Waals surface area contributed by atoms with Crippen molar-refractivity contribution in [3.63, 3.8) is 0 Å². The van der Waals surface area contributed by atoms with Crippen molar-refractivity contribution in [2.75, 3.05) is 13.7 Å². The first-order chi connectivity index (χ1) is 9.83. The lowest BCUT2D eigenvalue weighted by atomic mass is 9.91. The van der Waals surface area contributed by atoms with Gasteiger partial charge in [-0.15, -0.1) is 0 Å². The van der Waals surface area contributed by atoms with Crippen LogP contribution in [0, 0.1) is 5.92 Å². The fourth-order valence-electron chi connectivity index (χ4n) is 2.83. The minimum atomic E-state index is 0.386. The van der Waals surface area contributed by atoms with E-state index in [0.717, 1.165) is 25.9 Å². The number of hydrogen-bond acceptors (Lipinski definition) is 1. The normalized spacial score (nSPS) is 21.1. The number of allylic oxidation sites excluding steroid dienone is 7. The van der Waals surface area contributed by atoms with Crippen molar-refractivity contribution in [1.82, 2.24) is 0 Å². The van der Waals surface area contributed by atoms with Gasteiger partial charge in [0.1, 0.15) is 0 Å². The van der Waals surface area contributed by atoms with Crippen LogP contribution in [0.1, 0.15) is 40.0 Å². The third kappa shape index (κ3) is 3.40. The van der Waals surface area contributed by atoms with Gasteiger partial charge in [0.25, 0.3) is 0 Å². The van der Waals surface area contributed by atoms with E-state index in [2.05, 4.69) is 37.8 Å². The van der Waals surface area contributed by atoms with Crippen LogP contribution in [-0.2, 0) is 4.74 Å². The minimum absolute atomic E-state index is 0.386. The molecule has 0 saturated carbocycles. The average Bonchev–Trinajstić information content (AvgIpc) is 2.81. The summed E-state index contributed by atoms with van der Waals surface area (Å²) < 4.78 is 5.41. The summed E-state index contributed by atoms with van der Waals surface area (Å²) in [6, 6.07) is 0. The molecule has 0 aromatic rings. The van der Waals surface area contributed by atoms with Gasteiger partial charge in [0.15, 0.2) is 0 Å². The van der Waals surface area contributed by atoms with Crippen LogP contribution < -0.4 is 0 Å². The van der Waals surface area contributed by atoms with Gasteiger partial charge in [-0.2, -0.15) is 0 Å². The topological polar surface area (TPSA) is 9.23 Å². The number of ether oxygens (including phenoxy) is 1. The van der Waals surface area contributed by atoms with Crippen LogP contribution in [0.4, 0.5) is 0 Å². The van der Waals surface area contributed by atoms with Gasteiger partial charge in [-0.1, -0.05) is 57.7 Å². The van der Waals surface area contributed by atoms with Crippen molar-refractivity contribution in [3.05, 3.63) is 59.3 Å². The Morgan fingerprint density at radius 1 is 1.30 bits per heavy atom. The summed E-state index contributed by atoms with van der Waals surface area (Å²) in [5, 5.41) is 0. The van der Waals surface area contributed by atoms with E-state index in [4.69, 9.17) is 4.74 Å². The molecule has 0 aromatic carbocycles. The van der Waals surface area contributed by atoms with Crippen LogP contribution >= 0.6 is 0 Å². The van der Waals surface area contributed by atoms with E-state index in [1.807, 2.05) is 19.9 Å². The second-order valence-corrected chi connectivity index (χ2v) is 4.75. The SMILES string of the molecule is C=CC1=C(/C=C\CC)C(COC)C2=CCCC=C21.CC. The first-order valence-electron chi connectivity index (χ1n) is 7.76. The second kappa shape index (κ2) is 8.76. The molecule has 1 unspecified atom stereocenters. The molecule has 0 saturated heterocycles. The van der Waals surface area contributed by atoms with Crippen LogP contribution in [0.2, 0.25) is 0 Å². The van der Waals surface area contributed by atoms with Crippen molar-refractivity contribution >= 4 is 0 Å². The number of methoxy groups -OCH3 is 1. The summed E-state index contributed by atoms with van der Waals surface area (Å²) in [5.41, 5.74) is 5.49. The third-order valence-electron chi connectivity index (χ3n) is 3.61. The van der Waals surface area contributed by atoms with Gasteiger partial charge in [-0.05, 0) is 41.6 Å². The van der Waals surface area contributed by atoms with E-state index in [1.54, 1.807) is 7.11 Å². The molecule has 0 heterocycles. The van der Waals surface area contributed by atoms with Crippen LogP contribution in [0.25, 0.3) is 0 Å². The Kier molecular flexibility index (Phi) is 7.32. The summed E-state index contributed by atoms with van der Waals surface area (Å²) in [5.74, 6) is 0.386. The Balaban J connectivity index is 0.000000956. The molecule has 1 heteroatoms. The molecule has 0 radical (unpaired) electrons. The van der Waals surface area contributed by atoms with Gasteiger partial charge in [-0.3, -0.25) is 0 Å². The highest BCUT2D eigenvalue weighted by molar-refractivity contribution is 5.66. The van der Waals surface area contributed by atoms with E-state index >= 15 is 0 Å². The summed E-state index contributed by atoms with van der Waals surface area (Å²) in [7, 11) is 1.78. The molecule has 2 rings (SSSR count). The van der Waals surface area contributed by atoms with Crippen LogP contribution in [0.5, 0.6) is 0 Å². The van der Waals surface area contributed by atoms with E-state index in [-0.39, 0.29) is 0 Å². The Hall–Kier alpha value is -1.34. The molecule has 2 aliphatic carbocycles. The van der Waals surface area contributed by atoms with Gasteiger partial charge in [-0.25, -0.2) is 0 Å². The molecular weight excluding hydrogens is 244 g/mol. The predicted octanol–water partition coefficient (Wildman–Crippen LogP) is 5.38. The molecule has 0 spiro atoms. The first kappa shape index (κ1) is 16.7. The monoisotopic (exact) mass is 272 g/mol. The van der Waals surface area contributed by atoms with Crippen molar-refractivity contribution in [1.29, 1.82) is 0 Å². The fourth-order valence-corrected chi connectivity index (χ4v) is 2.83. The van der Waals surface area contributed by atoms with E-state index in [1.165, 1.54) is 22.3 Å². The van der Waals surface area contributed by atoms with Gasteiger partial charge in [0, 0.05) is 13.0 Å². The third-order valence-corrected chi connectivity index (χ3v) is 3.61. The van der Waals surface area contributed by atoms with E-state index < -0.39 is 0 Å². The first-order valence-corrected chi connectivity index (χ1v) is 7.76. The lowest BCUT2D eigenvalue weighted by Crippen LogP contribution is -2.10. The Bertz CT molecular complexity index is 446. The van der Waals surface area contributed by atoms with E-state index in [9.17, 15) is 0 Å². The molecule has 20 heavy (non-hydrogen) atoms. The summed E-state index contributed by atoms with van der Waals surface area (Å²) >= 11 is 0. The zero-order valence-electron chi connectivity index (χ0n) is 13.4. The Labute approximate surface area is 124 Å². The summed E-state index contributed by atoms with van der Waals surface area (Å²) in [6.07, 6.45) is 14.5. The highest BCUT2D eigenvalue weighted by Crippen LogP contribution is 2.44. The molecular formula is C19H28O. The average molecular weight is 272 g/mol. The molecule has 0 aromatic heterocycles. The van der Waals surface area contributed by atoms with Gasteiger partial charge in [0.2, 0.25) is 0 Å². The molecule has 0 aliphatic heterocycles. The van der Waals surface area contributed by atoms with Crippen LogP contribution in [-0.4, -0.2) is 13.7 Å². The van der Waals surface area contributed by atoms with Gasteiger partial charge in [0.05, 0.1) is 6.61 Å². The maximum absolute atomic E-state index is 5.41. The van der Waals surface area contributed by atoms with Crippen molar-refractivity contribution in [2.24, 2.45) is 5.92 Å². The van der Waals surface area contributed by atoms with Crippen molar-refractivity contribution < 1.29 is 4.74 Å². The minimum Gasteiger partial charge on any atom is -0.384 e. The maximum atomic E-state index is 5.41. The highest BCUT2D eigenvalue weighted by atomic mass is 16.5. The lowest BCUT2D eigenvalue weighted by molar-refractivity contribution is 0.180. The van der Waals surface area contributed by atoms with Crippen molar-refractivity contribution in [3.8, 4) is 0 Å². The predicted molar refractivity (Wildman–Crippen MR) is 88.8 cm³/mol.